The van der Waals surface area contributed by atoms with E-state index in [2.05, 4.69) is 10.6 Å². The van der Waals surface area contributed by atoms with Crippen molar-refractivity contribution in [3.8, 4) is 5.75 Å². The first-order chi connectivity index (χ1) is 9.63. The number of hydrogen-bond donors (Lipinski definition) is 2. The monoisotopic (exact) mass is 320 g/mol. The normalized spacial score (nSPS) is 11.4. The number of hydrogen-bond acceptors (Lipinski definition) is 4. The first-order valence-electron chi connectivity index (χ1n) is 6.53. The van der Waals surface area contributed by atoms with E-state index in [1.807, 2.05) is 0 Å². The largest absolute Gasteiger partial charge is 0.481 e. The molecule has 0 spiro atoms. The Kier molecular flexibility index (Phi) is 10.6. The molecule has 0 aliphatic heterocycles. The van der Waals surface area contributed by atoms with E-state index in [1.165, 1.54) is 18.2 Å². The van der Waals surface area contributed by atoms with Gasteiger partial charge in [-0.1, -0.05) is 6.07 Å². The second kappa shape index (κ2) is 11.3. The van der Waals surface area contributed by atoms with Crippen molar-refractivity contribution in [2.75, 3.05) is 33.4 Å². The molecule has 1 aromatic rings. The van der Waals surface area contributed by atoms with Gasteiger partial charge in [-0.2, -0.15) is 0 Å². The lowest BCUT2D eigenvalue weighted by atomic mass is 10.3. The molecule has 1 atom stereocenters. The highest BCUT2D eigenvalue weighted by Crippen LogP contribution is 2.13. The van der Waals surface area contributed by atoms with Gasteiger partial charge < -0.3 is 20.1 Å². The summed E-state index contributed by atoms with van der Waals surface area (Å²) in [4.78, 5) is 11.7. The maximum Gasteiger partial charge on any atom is 0.260 e. The van der Waals surface area contributed by atoms with Gasteiger partial charge in [0.15, 0.2) is 6.10 Å². The van der Waals surface area contributed by atoms with Gasteiger partial charge in [-0.15, -0.1) is 12.4 Å². The summed E-state index contributed by atoms with van der Waals surface area (Å²) >= 11 is 0. The quantitative estimate of drug-likeness (QED) is 0.675. The number of nitrogens with one attached hydrogen (secondary N) is 2. The fourth-order valence-corrected chi connectivity index (χ4v) is 1.51. The zero-order chi connectivity index (χ0) is 14.8. The summed E-state index contributed by atoms with van der Waals surface area (Å²) in [5.74, 6) is -0.286. The smallest absolute Gasteiger partial charge is 0.260 e. The van der Waals surface area contributed by atoms with Crippen LogP contribution in [0, 0.1) is 5.82 Å². The number of halogens is 2. The maximum absolute atomic E-state index is 13.0. The van der Waals surface area contributed by atoms with E-state index in [0.29, 0.717) is 25.4 Å². The van der Waals surface area contributed by atoms with Crippen molar-refractivity contribution in [1.82, 2.24) is 10.6 Å². The van der Waals surface area contributed by atoms with E-state index in [1.54, 1.807) is 20.1 Å². The first-order valence-corrected chi connectivity index (χ1v) is 6.53. The van der Waals surface area contributed by atoms with Gasteiger partial charge in [-0.25, -0.2) is 4.39 Å². The molecule has 0 aromatic heterocycles. The maximum atomic E-state index is 13.0. The van der Waals surface area contributed by atoms with Gasteiger partial charge >= 0.3 is 0 Å². The molecule has 2 N–H and O–H groups in total. The van der Waals surface area contributed by atoms with Gasteiger partial charge in [0.2, 0.25) is 0 Å². The predicted molar refractivity (Wildman–Crippen MR) is 81.5 cm³/mol. The second-order valence-electron chi connectivity index (χ2n) is 4.25. The molecule has 0 saturated carbocycles. The molecule has 1 amide bonds. The molecule has 7 heteroatoms. The van der Waals surface area contributed by atoms with E-state index in [9.17, 15) is 9.18 Å². The fraction of sp³-hybridized carbons (Fsp3) is 0.500. The highest BCUT2D eigenvalue weighted by molar-refractivity contribution is 5.85. The Labute approximate surface area is 130 Å². The van der Waals surface area contributed by atoms with Gasteiger partial charge in [0, 0.05) is 32.8 Å². The van der Waals surface area contributed by atoms with Crippen molar-refractivity contribution in [2.24, 2.45) is 0 Å². The number of benzene rings is 1. The average Bonchev–Trinajstić information content (AvgIpc) is 2.42. The minimum Gasteiger partial charge on any atom is -0.481 e. The zero-order valence-corrected chi connectivity index (χ0v) is 13.0. The predicted octanol–water partition coefficient (Wildman–Crippen LogP) is 1.37. The lowest BCUT2D eigenvalue weighted by Crippen LogP contribution is -2.40. The van der Waals surface area contributed by atoms with E-state index < -0.39 is 11.9 Å². The van der Waals surface area contributed by atoms with Gasteiger partial charge in [0.1, 0.15) is 11.6 Å². The summed E-state index contributed by atoms with van der Waals surface area (Å²) in [6.07, 6.45) is -0.671. The molecular weight excluding hydrogens is 299 g/mol. The average molecular weight is 321 g/mol. The van der Waals surface area contributed by atoms with Crippen molar-refractivity contribution in [3.63, 3.8) is 0 Å². The zero-order valence-electron chi connectivity index (χ0n) is 12.2. The summed E-state index contributed by atoms with van der Waals surface area (Å²) in [6, 6.07) is 5.72. The highest BCUT2D eigenvalue weighted by atomic mass is 35.5. The van der Waals surface area contributed by atoms with Crippen LogP contribution < -0.4 is 15.4 Å². The molecule has 1 unspecified atom stereocenters. The van der Waals surface area contributed by atoms with Crippen LogP contribution in [0.4, 0.5) is 4.39 Å². The molecule has 0 aliphatic carbocycles. The van der Waals surface area contributed by atoms with Crippen molar-refractivity contribution >= 4 is 18.3 Å². The minimum atomic E-state index is -0.671. The van der Waals surface area contributed by atoms with Gasteiger partial charge in [-0.3, -0.25) is 4.79 Å². The Morgan fingerprint density at radius 3 is 2.76 bits per heavy atom. The Morgan fingerprint density at radius 2 is 2.10 bits per heavy atom. The molecule has 5 nitrogen and oxygen atoms in total. The van der Waals surface area contributed by atoms with Crippen molar-refractivity contribution in [2.45, 2.75) is 13.0 Å². The van der Waals surface area contributed by atoms with Crippen LogP contribution in [-0.4, -0.2) is 45.4 Å². The lowest BCUT2D eigenvalue weighted by Gasteiger charge is -2.14. The Morgan fingerprint density at radius 1 is 1.33 bits per heavy atom. The molecular formula is C14H22ClFN2O3. The summed E-state index contributed by atoms with van der Waals surface area (Å²) < 4.78 is 23.2. The van der Waals surface area contributed by atoms with E-state index in [-0.39, 0.29) is 18.3 Å². The Bertz CT molecular complexity index is 421. The fourth-order valence-electron chi connectivity index (χ4n) is 1.51. The molecule has 0 radical (unpaired) electrons. The first kappa shape index (κ1) is 19.6. The summed E-state index contributed by atoms with van der Waals surface area (Å²) in [6.45, 7) is 4.15. The molecule has 0 bridgehead atoms. The topological polar surface area (TPSA) is 59.6 Å². The molecule has 0 heterocycles. The molecule has 0 fully saturated rings. The number of rotatable bonds is 9. The van der Waals surface area contributed by atoms with E-state index in [4.69, 9.17) is 9.47 Å². The number of methoxy groups -OCH3 is 1. The third-order valence-corrected chi connectivity index (χ3v) is 2.56. The van der Waals surface area contributed by atoms with Gasteiger partial charge in [0.05, 0.1) is 6.61 Å². The Balaban J connectivity index is 0.00000400. The van der Waals surface area contributed by atoms with E-state index >= 15 is 0 Å². The van der Waals surface area contributed by atoms with Crippen LogP contribution in [0.25, 0.3) is 0 Å². The van der Waals surface area contributed by atoms with Crippen molar-refractivity contribution < 1.29 is 18.7 Å². The number of ether oxygens (including phenoxy) is 2. The molecule has 1 rings (SSSR count). The molecule has 0 aliphatic rings. The van der Waals surface area contributed by atoms with Crippen molar-refractivity contribution in [1.29, 1.82) is 0 Å². The third-order valence-electron chi connectivity index (χ3n) is 2.56. The second-order valence-corrected chi connectivity index (χ2v) is 4.25. The van der Waals surface area contributed by atoms with Crippen molar-refractivity contribution in [3.05, 3.63) is 30.1 Å². The van der Waals surface area contributed by atoms with Crippen LogP contribution in [0.1, 0.15) is 6.92 Å². The Hall–Kier alpha value is -1.37. The number of amides is 1. The third kappa shape index (κ3) is 8.49. The molecule has 120 valence electrons. The van der Waals surface area contributed by atoms with Crippen LogP contribution in [0.15, 0.2) is 24.3 Å². The van der Waals surface area contributed by atoms with Gasteiger partial charge in [0.25, 0.3) is 5.91 Å². The highest BCUT2D eigenvalue weighted by Gasteiger charge is 2.13. The van der Waals surface area contributed by atoms with Crippen LogP contribution in [0.3, 0.4) is 0 Å². The van der Waals surface area contributed by atoms with Gasteiger partial charge in [-0.05, 0) is 19.1 Å². The molecule has 0 saturated heterocycles. The van der Waals surface area contributed by atoms with Crippen LogP contribution in [-0.2, 0) is 9.53 Å². The van der Waals surface area contributed by atoms with E-state index in [0.717, 1.165) is 6.54 Å². The number of carbonyl (C=O) groups is 1. The molecule has 21 heavy (non-hydrogen) atoms. The lowest BCUT2D eigenvalue weighted by molar-refractivity contribution is -0.127. The minimum absolute atomic E-state index is 0. The summed E-state index contributed by atoms with van der Waals surface area (Å²) in [7, 11) is 1.63. The van der Waals surface area contributed by atoms with Crippen LogP contribution >= 0.6 is 12.4 Å². The SMILES string of the molecule is COCCNCCNC(=O)C(C)Oc1cccc(F)c1.Cl. The van der Waals surface area contributed by atoms with Crippen LogP contribution in [0.5, 0.6) is 5.75 Å². The summed E-state index contributed by atoms with van der Waals surface area (Å²) in [5, 5.41) is 5.84. The standard InChI is InChI=1S/C14H21FN2O3.ClH/c1-11(20-13-5-3-4-12(15)10-13)14(18)17-7-6-16-8-9-19-2;/h3-5,10-11,16H,6-9H2,1-2H3,(H,17,18);1H. The summed E-state index contributed by atoms with van der Waals surface area (Å²) in [5.41, 5.74) is 0. The molecule has 1 aromatic carbocycles. The van der Waals surface area contributed by atoms with Crippen LogP contribution in [0.2, 0.25) is 0 Å². The number of carbonyl (C=O) groups excluding carboxylic acids is 1.